The molecule has 1 nitrogen and oxygen atoms in total. The SMILES string of the molecule is C#CCC(C)NCc1cccc(Cl)c1F. The van der Waals surface area contributed by atoms with Gasteiger partial charge in [-0.15, -0.1) is 12.3 Å². The third-order valence-corrected chi connectivity index (χ3v) is 2.39. The van der Waals surface area contributed by atoms with Crippen molar-refractivity contribution >= 4 is 11.6 Å². The van der Waals surface area contributed by atoms with Crippen LogP contribution in [0.15, 0.2) is 18.2 Å². The summed E-state index contributed by atoms with van der Waals surface area (Å²) in [6.45, 7) is 2.40. The summed E-state index contributed by atoms with van der Waals surface area (Å²) in [5, 5.41) is 3.28. The highest BCUT2D eigenvalue weighted by atomic mass is 35.5. The molecule has 0 aliphatic heterocycles. The van der Waals surface area contributed by atoms with Crippen LogP contribution < -0.4 is 5.32 Å². The van der Waals surface area contributed by atoms with E-state index in [-0.39, 0.29) is 16.9 Å². The van der Waals surface area contributed by atoms with Gasteiger partial charge in [-0.05, 0) is 13.0 Å². The molecule has 0 amide bonds. The number of hydrogen-bond donors (Lipinski definition) is 1. The molecule has 0 saturated carbocycles. The van der Waals surface area contributed by atoms with Crippen LogP contribution in [0.1, 0.15) is 18.9 Å². The third-order valence-electron chi connectivity index (χ3n) is 2.10. The van der Waals surface area contributed by atoms with Crippen LogP contribution in [-0.2, 0) is 6.54 Å². The lowest BCUT2D eigenvalue weighted by Crippen LogP contribution is -2.25. The maximum atomic E-state index is 13.4. The summed E-state index contributed by atoms with van der Waals surface area (Å²) >= 11 is 5.66. The van der Waals surface area contributed by atoms with Gasteiger partial charge < -0.3 is 5.32 Å². The minimum Gasteiger partial charge on any atom is -0.309 e. The lowest BCUT2D eigenvalue weighted by molar-refractivity contribution is 0.535. The normalized spacial score (nSPS) is 12.1. The van der Waals surface area contributed by atoms with Gasteiger partial charge in [-0.1, -0.05) is 23.7 Å². The van der Waals surface area contributed by atoms with Gasteiger partial charge in [0, 0.05) is 24.6 Å². The van der Waals surface area contributed by atoms with E-state index in [0.717, 1.165) is 0 Å². The number of terminal acetylenes is 1. The molecular weight excluding hydrogens is 213 g/mol. The van der Waals surface area contributed by atoms with Crippen molar-refractivity contribution in [3.8, 4) is 12.3 Å². The Balaban J connectivity index is 2.58. The molecule has 1 unspecified atom stereocenters. The first-order chi connectivity index (χ1) is 7.15. The van der Waals surface area contributed by atoms with Crippen LogP contribution in [0, 0.1) is 18.2 Å². The van der Waals surface area contributed by atoms with Gasteiger partial charge in [-0.3, -0.25) is 0 Å². The van der Waals surface area contributed by atoms with Crippen molar-refractivity contribution in [2.75, 3.05) is 0 Å². The second kappa shape index (κ2) is 5.75. The minimum absolute atomic E-state index is 0.152. The average molecular weight is 226 g/mol. The Labute approximate surface area is 94.6 Å². The fourth-order valence-corrected chi connectivity index (χ4v) is 1.41. The molecular formula is C12H13ClFN. The molecule has 3 heteroatoms. The zero-order valence-electron chi connectivity index (χ0n) is 8.56. The topological polar surface area (TPSA) is 12.0 Å². The standard InChI is InChI=1S/C12H13ClFN/c1-3-5-9(2)15-8-10-6-4-7-11(13)12(10)14/h1,4,6-7,9,15H,5,8H2,2H3. The van der Waals surface area contributed by atoms with Crippen LogP contribution in [0.5, 0.6) is 0 Å². The van der Waals surface area contributed by atoms with Gasteiger partial charge in [-0.2, -0.15) is 0 Å². The van der Waals surface area contributed by atoms with Crippen molar-refractivity contribution in [2.24, 2.45) is 0 Å². The van der Waals surface area contributed by atoms with Crippen LogP contribution in [0.4, 0.5) is 4.39 Å². The van der Waals surface area contributed by atoms with E-state index in [1.165, 1.54) is 6.07 Å². The molecule has 0 bridgehead atoms. The first-order valence-electron chi connectivity index (χ1n) is 4.75. The molecule has 0 radical (unpaired) electrons. The van der Waals surface area contributed by atoms with E-state index >= 15 is 0 Å². The highest BCUT2D eigenvalue weighted by Gasteiger charge is 2.06. The van der Waals surface area contributed by atoms with Crippen LogP contribution in [0.3, 0.4) is 0 Å². The predicted octanol–water partition coefficient (Wildman–Crippen LogP) is 2.98. The van der Waals surface area contributed by atoms with E-state index in [9.17, 15) is 4.39 Å². The third kappa shape index (κ3) is 3.54. The van der Waals surface area contributed by atoms with Crippen molar-refractivity contribution in [2.45, 2.75) is 25.9 Å². The Hall–Kier alpha value is -1.04. The summed E-state index contributed by atoms with van der Waals surface area (Å²) < 4.78 is 13.4. The summed E-state index contributed by atoms with van der Waals surface area (Å²) in [5.74, 6) is 2.19. The highest BCUT2D eigenvalue weighted by molar-refractivity contribution is 6.30. The van der Waals surface area contributed by atoms with E-state index in [1.807, 2.05) is 6.92 Å². The Morgan fingerprint density at radius 3 is 3.00 bits per heavy atom. The maximum Gasteiger partial charge on any atom is 0.146 e. The van der Waals surface area contributed by atoms with Crippen LogP contribution in [-0.4, -0.2) is 6.04 Å². The second-order valence-corrected chi connectivity index (χ2v) is 3.81. The molecule has 1 aromatic rings. The Morgan fingerprint density at radius 2 is 2.33 bits per heavy atom. The van der Waals surface area contributed by atoms with Gasteiger partial charge in [0.2, 0.25) is 0 Å². The zero-order valence-corrected chi connectivity index (χ0v) is 9.31. The summed E-state index contributed by atoms with van der Waals surface area (Å²) in [4.78, 5) is 0. The predicted molar refractivity (Wildman–Crippen MR) is 61.2 cm³/mol. The molecule has 0 fully saturated rings. The summed E-state index contributed by atoms with van der Waals surface area (Å²) in [6, 6.07) is 5.14. The Bertz CT molecular complexity index is 370. The molecule has 80 valence electrons. The van der Waals surface area contributed by atoms with Gasteiger partial charge >= 0.3 is 0 Å². The average Bonchev–Trinajstić information content (AvgIpc) is 2.21. The molecule has 0 aliphatic carbocycles. The lowest BCUT2D eigenvalue weighted by atomic mass is 10.2. The van der Waals surface area contributed by atoms with E-state index in [2.05, 4.69) is 11.2 Å². The Kier molecular flexibility index (Phi) is 4.61. The molecule has 0 heterocycles. The number of rotatable bonds is 4. The van der Waals surface area contributed by atoms with Crippen molar-refractivity contribution in [3.05, 3.63) is 34.6 Å². The van der Waals surface area contributed by atoms with E-state index < -0.39 is 0 Å². The van der Waals surface area contributed by atoms with Crippen molar-refractivity contribution < 1.29 is 4.39 Å². The monoisotopic (exact) mass is 225 g/mol. The van der Waals surface area contributed by atoms with Crippen molar-refractivity contribution in [3.63, 3.8) is 0 Å². The quantitative estimate of drug-likeness (QED) is 0.777. The van der Waals surface area contributed by atoms with Gasteiger partial charge in [-0.25, -0.2) is 4.39 Å². The number of halogens is 2. The molecule has 1 aromatic carbocycles. The van der Waals surface area contributed by atoms with E-state index in [4.69, 9.17) is 18.0 Å². The van der Waals surface area contributed by atoms with Crippen LogP contribution >= 0.6 is 11.6 Å². The fourth-order valence-electron chi connectivity index (χ4n) is 1.22. The first kappa shape index (κ1) is 12.0. The molecule has 1 rings (SSSR count). The molecule has 1 atom stereocenters. The summed E-state index contributed by atoms with van der Waals surface area (Å²) in [7, 11) is 0. The fraction of sp³-hybridized carbons (Fsp3) is 0.333. The van der Waals surface area contributed by atoms with Crippen molar-refractivity contribution in [1.82, 2.24) is 5.32 Å². The summed E-state index contributed by atoms with van der Waals surface area (Å²) in [5.41, 5.74) is 0.561. The van der Waals surface area contributed by atoms with Gasteiger partial charge in [0.15, 0.2) is 0 Å². The second-order valence-electron chi connectivity index (χ2n) is 3.40. The number of nitrogens with one attached hydrogen (secondary N) is 1. The van der Waals surface area contributed by atoms with Gasteiger partial charge in [0.25, 0.3) is 0 Å². The Morgan fingerprint density at radius 1 is 1.60 bits per heavy atom. The molecule has 0 aromatic heterocycles. The lowest BCUT2D eigenvalue weighted by Gasteiger charge is -2.11. The molecule has 15 heavy (non-hydrogen) atoms. The van der Waals surface area contributed by atoms with E-state index in [1.54, 1.807) is 12.1 Å². The van der Waals surface area contributed by atoms with Crippen LogP contribution in [0.2, 0.25) is 5.02 Å². The smallest absolute Gasteiger partial charge is 0.146 e. The molecule has 1 N–H and O–H groups in total. The van der Waals surface area contributed by atoms with Gasteiger partial charge in [0.05, 0.1) is 5.02 Å². The minimum atomic E-state index is -0.362. The number of benzene rings is 1. The summed E-state index contributed by atoms with van der Waals surface area (Å²) in [6.07, 6.45) is 5.79. The zero-order chi connectivity index (χ0) is 11.3. The molecule has 0 aliphatic rings. The largest absolute Gasteiger partial charge is 0.309 e. The van der Waals surface area contributed by atoms with Crippen molar-refractivity contribution in [1.29, 1.82) is 0 Å². The van der Waals surface area contributed by atoms with Crippen LogP contribution in [0.25, 0.3) is 0 Å². The molecule has 0 saturated heterocycles. The highest BCUT2D eigenvalue weighted by Crippen LogP contribution is 2.17. The van der Waals surface area contributed by atoms with E-state index in [0.29, 0.717) is 18.5 Å². The first-order valence-corrected chi connectivity index (χ1v) is 5.12. The van der Waals surface area contributed by atoms with Gasteiger partial charge in [0.1, 0.15) is 5.82 Å². The molecule has 0 spiro atoms. The number of hydrogen-bond acceptors (Lipinski definition) is 1. The maximum absolute atomic E-state index is 13.4.